The summed E-state index contributed by atoms with van der Waals surface area (Å²) >= 11 is 12.8. The topological polar surface area (TPSA) is 57.6 Å². The van der Waals surface area contributed by atoms with Crippen LogP contribution in [0, 0.1) is 5.92 Å². The smallest absolute Gasteiger partial charge is 0.245 e. The first-order chi connectivity index (χ1) is 8.82. The fraction of sp³-hybridized carbons (Fsp3) is 0.636. The third-order valence-electron chi connectivity index (χ3n) is 3.42. The monoisotopic (exact) mass is 343 g/mol. The summed E-state index contributed by atoms with van der Waals surface area (Å²) in [6.45, 7) is 2.55. The second kappa shape index (κ2) is 5.87. The standard InChI is InChI=1S/C11H15Cl2NO3S2/c1-7(15)8-2-4-14(5-3-8)19(16,17)9-6-10(12)18-11(9)13/h6-8,15H,2-5H2,1H3. The molecule has 2 rings (SSSR count). The van der Waals surface area contributed by atoms with Gasteiger partial charge < -0.3 is 5.11 Å². The van der Waals surface area contributed by atoms with E-state index in [2.05, 4.69) is 0 Å². The molecule has 0 amide bonds. The third-order valence-corrected chi connectivity index (χ3v) is 7.08. The number of halogens is 2. The molecule has 108 valence electrons. The second-order valence-corrected chi connectivity index (χ2v) is 8.86. The molecule has 0 saturated carbocycles. The van der Waals surface area contributed by atoms with Crippen LogP contribution in [0.1, 0.15) is 19.8 Å². The highest BCUT2D eigenvalue weighted by Crippen LogP contribution is 2.36. The molecule has 1 fully saturated rings. The number of rotatable bonds is 3. The molecule has 4 nitrogen and oxygen atoms in total. The van der Waals surface area contributed by atoms with Crippen LogP contribution in [0.15, 0.2) is 11.0 Å². The van der Waals surface area contributed by atoms with Gasteiger partial charge in [0.1, 0.15) is 9.23 Å². The Labute approximate surface area is 127 Å². The molecular formula is C11H15Cl2NO3S2. The summed E-state index contributed by atoms with van der Waals surface area (Å²) in [5, 5.41) is 9.53. The molecule has 1 aromatic rings. The number of aliphatic hydroxyl groups is 1. The number of thiophene rings is 1. The lowest BCUT2D eigenvalue weighted by molar-refractivity contribution is 0.0912. The molecule has 1 atom stereocenters. The van der Waals surface area contributed by atoms with Crippen LogP contribution in [0.5, 0.6) is 0 Å². The summed E-state index contributed by atoms with van der Waals surface area (Å²) in [6, 6.07) is 1.39. The van der Waals surface area contributed by atoms with Gasteiger partial charge in [0.25, 0.3) is 0 Å². The summed E-state index contributed by atoms with van der Waals surface area (Å²) in [5.74, 6) is 0.160. The van der Waals surface area contributed by atoms with Crippen LogP contribution >= 0.6 is 34.5 Å². The van der Waals surface area contributed by atoms with Gasteiger partial charge in [-0.15, -0.1) is 11.3 Å². The highest BCUT2D eigenvalue weighted by Gasteiger charge is 2.33. The van der Waals surface area contributed by atoms with Crippen LogP contribution in [-0.2, 0) is 10.0 Å². The largest absolute Gasteiger partial charge is 0.393 e. The Bertz CT molecular complexity index is 548. The Kier molecular flexibility index (Phi) is 4.80. The van der Waals surface area contributed by atoms with E-state index in [0.717, 1.165) is 11.3 Å². The minimum Gasteiger partial charge on any atom is -0.393 e. The van der Waals surface area contributed by atoms with Crippen LogP contribution in [0.2, 0.25) is 8.67 Å². The molecule has 2 heterocycles. The lowest BCUT2D eigenvalue weighted by Crippen LogP contribution is -2.40. The molecule has 19 heavy (non-hydrogen) atoms. The Morgan fingerprint density at radius 1 is 1.42 bits per heavy atom. The Hall–Kier alpha value is 0.150. The van der Waals surface area contributed by atoms with Gasteiger partial charge in [-0.25, -0.2) is 8.42 Å². The summed E-state index contributed by atoms with van der Waals surface area (Å²) < 4.78 is 26.8. The van der Waals surface area contributed by atoms with E-state index in [0.29, 0.717) is 30.3 Å². The molecule has 1 aliphatic rings. The minimum atomic E-state index is -3.58. The first-order valence-corrected chi connectivity index (χ1v) is 8.96. The molecule has 0 aromatic carbocycles. The van der Waals surface area contributed by atoms with E-state index in [1.165, 1.54) is 10.4 Å². The highest BCUT2D eigenvalue weighted by atomic mass is 35.5. The maximum absolute atomic E-state index is 12.4. The molecule has 1 saturated heterocycles. The maximum atomic E-state index is 12.4. The number of hydrogen-bond donors (Lipinski definition) is 1. The summed E-state index contributed by atoms with van der Waals surface area (Å²) in [4.78, 5) is 0.0830. The lowest BCUT2D eigenvalue weighted by atomic mass is 9.93. The SMILES string of the molecule is CC(O)C1CCN(S(=O)(=O)c2cc(Cl)sc2Cl)CC1. The van der Waals surface area contributed by atoms with Crippen molar-refractivity contribution in [1.82, 2.24) is 4.31 Å². The zero-order chi connectivity index (χ0) is 14.2. The fourth-order valence-electron chi connectivity index (χ4n) is 2.24. The third kappa shape index (κ3) is 3.25. The molecule has 1 aliphatic heterocycles. The van der Waals surface area contributed by atoms with Crippen LogP contribution in [0.3, 0.4) is 0 Å². The molecule has 0 aliphatic carbocycles. The van der Waals surface area contributed by atoms with Gasteiger partial charge in [-0.1, -0.05) is 23.2 Å². The molecule has 0 bridgehead atoms. The van der Waals surface area contributed by atoms with Crippen molar-refractivity contribution in [2.24, 2.45) is 5.92 Å². The van der Waals surface area contributed by atoms with Gasteiger partial charge in [-0.05, 0) is 31.7 Å². The van der Waals surface area contributed by atoms with Gasteiger partial charge in [-0.2, -0.15) is 4.31 Å². The van der Waals surface area contributed by atoms with Crippen LogP contribution < -0.4 is 0 Å². The van der Waals surface area contributed by atoms with E-state index >= 15 is 0 Å². The van der Waals surface area contributed by atoms with Gasteiger partial charge in [0.15, 0.2) is 0 Å². The Balaban J connectivity index is 2.16. The minimum absolute atomic E-state index is 0.0830. The predicted molar refractivity (Wildman–Crippen MR) is 77.5 cm³/mol. The number of sulfonamides is 1. The maximum Gasteiger partial charge on any atom is 0.245 e. The molecule has 8 heteroatoms. The molecule has 0 radical (unpaired) electrons. The first-order valence-electron chi connectivity index (χ1n) is 5.95. The zero-order valence-corrected chi connectivity index (χ0v) is 13.5. The highest BCUT2D eigenvalue weighted by molar-refractivity contribution is 7.89. The summed E-state index contributed by atoms with van der Waals surface area (Å²) in [5.41, 5.74) is 0. The zero-order valence-electron chi connectivity index (χ0n) is 10.3. The van der Waals surface area contributed by atoms with Crippen LogP contribution in [0.25, 0.3) is 0 Å². The van der Waals surface area contributed by atoms with Gasteiger partial charge in [0.2, 0.25) is 10.0 Å². The average Bonchev–Trinajstić information content (AvgIpc) is 2.69. The van der Waals surface area contributed by atoms with Crippen molar-refractivity contribution >= 4 is 44.6 Å². The van der Waals surface area contributed by atoms with E-state index in [1.54, 1.807) is 6.92 Å². The van der Waals surface area contributed by atoms with Gasteiger partial charge in [0.05, 0.1) is 10.4 Å². The Morgan fingerprint density at radius 3 is 2.42 bits per heavy atom. The molecule has 1 N–H and O–H groups in total. The number of nitrogens with zero attached hydrogens (tertiary/aromatic N) is 1. The second-order valence-electron chi connectivity index (χ2n) is 4.67. The van der Waals surface area contributed by atoms with Crippen LogP contribution in [-0.4, -0.2) is 37.0 Å². The average molecular weight is 344 g/mol. The van der Waals surface area contributed by atoms with Crippen molar-refractivity contribution < 1.29 is 13.5 Å². The fourth-order valence-corrected chi connectivity index (χ4v) is 5.82. The number of piperidine rings is 1. The van der Waals surface area contributed by atoms with Gasteiger partial charge in [0, 0.05) is 13.1 Å². The molecule has 1 aromatic heterocycles. The summed E-state index contributed by atoms with van der Waals surface area (Å²) in [6.07, 6.45) is 0.919. The molecule has 1 unspecified atom stereocenters. The van der Waals surface area contributed by atoms with E-state index < -0.39 is 16.1 Å². The van der Waals surface area contributed by atoms with Crippen molar-refractivity contribution in [2.75, 3.05) is 13.1 Å². The Morgan fingerprint density at radius 2 is 2.00 bits per heavy atom. The van der Waals surface area contributed by atoms with Crippen molar-refractivity contribution in [1.29, 1.82) is 0 Å². The van der Waals surface area contributed by atoms with Gasteiger partial charge in [-0.3, -0.25) is 0 Å². The van der Waals surface area contributed by atoms with Gasteiger partial charge >= 0.3 is 0 Å². The van der Waals surface area contributed by atoms with Crippen molar-refractivity contribution in [3.63, 3.8) is 0 Å². The van der Waals surface area contributed by atoms with E-state index in [9.17, 15) is 13.5 Å². The van der Waals surface area contributed by atoms with Crippen molar-refractivity contribution in [3.05, 3.63) is 14.7 Å². The molecular weight excluding hydrogens is 329 g/mol. The first kappa shape index (κ1) is 15.5. The number of hydrogen-bond acceptors (Lipinski definition) is 4. The summed E-state index contributed by atoms with van der Waals surface area (Å²) in [7, 11) is -3.58. The molecule has 0 spiro atoms. The predicted octanol–water partition coefficient (Wildman–Crippen LogP) is 2.84. The van der Waals surface area contributed by atoms with E-state index in [1.807, 2.05) is 0 Å². The number of aliphatic hydroxyl groups excluding tert-OH is 1. The van der Waals surface area contributed by atoms with E-state index in [4.69, 9.17) is 23.2 Å². The van der Waals surface area contributed by atoms with Crippen molar-refractivity contribution in [2.45, 2.75) is 30.8 Å². The van der Waals surface area contributed by atoms with Crippen LogP contribution in [0.4, 0.5) is 0 Å². The quantitative estimate of drug-likeness (QED) is 0.917. The van der Waals surface area contributed by atoms with E-state index in [-0.39, 0.29) is 15.1 Å². The van der Waals surface area contributed by atoms with Crippen molar-refractivity contribution in [3.8, 4) is 0 Å². The normalized spacial score (nSPS) is 20.6. The lowest BCUT2D eigenvalue weighted by Gasteiger charge is -2.32.